The summed E-state index contributed by atoms with van der Waals surface area (Å²) in [7, 11) is -3.41. The van der Waals surface area contributed by atoms with Crippen molar-refractivity contribution in [2.75, 3.05) is 13.2 Å². The number of phosphoric acid groups is 1. The second-order valence-corrected chi connectivity index (χ2v) is 6.48. The van der Waals surface area contributed by atoms with Crippen LogP contribution >= 0.6 is 7.82 Å². The molecule has 0 aliphatic heterocycles. The number of hydrogen-bond donors (Lipinski definition) is 0. The Hall–Kier alpha value is 0.110. The fourth-order valence-corrected chi connectivity index (χ4v) is 3.64. The molecular weight excluding hydrogens is 251 g/mol. The first-order chi connectivity index (χ1) is 8.40. The summed E-state index contributed by atoms with van der Waals surface area (Å²) in [6.45, 7) is 12.6. The van der Waals surface area contributed by atoms with E-state index in [2.05, 4.69) is 27.7 Å². The lowest BCUT2D eigenvalue weighted by Crippen LogP contribution is -2.27. The third kappa shape index (κ3) is 6.33. The lowest BCUT2D eigenvalue weighted by Gasteiger charge is -2.30. The second-order valence-electron chi connectivity index (χ2n) is 4.86. The van der Waals surface area contributed by atoms with Gasteiger partial charge >= 0.3 is 7.82 Å². The third-order valence-corrected chi connectivity index (χ3v) is 4.44. The van der Waals surface area contributed by atoms with Crippen molar-refractivity contribution in [3.63, 3.8) is 0 Å². The molecule has 0 aliphatic carbocycles. The molecular formula is C13H29O4P. The first-order valence-corrected chi connectivity index (χ1v) is 8.43. The molecule has 4 nitrogen and oxygen atoms in total. The molecule has 0 bridgehead atoms. The van der Waals surface area contributed by atoms with Crippen LogP contribution in [-0.2, 0) is 18.1 Å². The van der Waals surface area contributed by atoms with Crippen LogP contribution in [-0.4, -0.2) is 19.3 Å². The Kier molecular flexibility index (Phi) is 9.14. The summed E-state index contributed by atoms with van der Waals surface area (Å²) in [6.07, 6.45) is 2.02. The van der Waals surface area contributed by atoms with Crippen LogP contribution in [0.1, 0.15) is 54.4 Å². The van der Waals surface area contributed by atoms with E-state index in [1.165, 1.54) is 0 Å². The molecule has 0 fully saturated rings. The minimum Gasteiger partial charge on any atom is -0.287 e. The molecule has 0 aliphatic rings. The molecule has 0 saturated carbocycles. The second kappa shape index (κ2) is 9.08. The van der Waals surface area contributed by atoms with E-state index in [4.69, 9.17) is 13.6 Å². The Morgan fingerprint density at radius 2 is 1.50 bits per heavy atom. The third-order valence-electron chi connectivity index (χ3n) is 2.79. The van der Waals surface area contributed by atoms with Gasteiger partial charge in [-0.25, -0.2) is 4.57 Å². The van der Waals surface area contributed by atoms with E-state index >= 15 is 0 Å². The highest BCUT2D eigenvalue weighted by Crippen LogP contribution is 2.52. The average molecular weight is 280 g/mol. The molecule has 0 amide bonds. The molecule has 0 radical (unpaired) electrons. The van der Waals surface area contributed by atoms with Gasteiger partial charge in [-0.2, -0.15) is 0 Å². The smallest absolute Gasteiger partial charge is 0.287 e. The molecule has 2 atom stereocenters. The first kappa shape index (κ1) is 18.1. The predicted molar refractivity (Wildman–Crippen MR) is 74.6 cm³/mol. The van der Waals surface area contributed by atoms with Gasteiger partial charge in [-0.3, -0.25) is 13.6 Å². The van der Waals surface area contributed by atoms with Crippen LogP contribution in [0.5, 0.6) is 0 Å². The van der Waals surface area contributed by atoms with Gasteiger partial charge in [-0.15, -0.1) is 0 Å². The van der Waals surface area contributed by atoms with Gasteiger partial charge in [0.25, 0.3) is 0 Å². The van der Waals surface area contributed by atoms with Crippen molar-refractivity contribution >= 4 is 7.82 Å². The Morgan fingerprint density at radius 1 is 1.00 bits per heavy atom. The molecule has 0 rings (SSSR count). The van der Waals surface area contributed by atoms with Gasteiger partial charge in [0.2, 0.25) is 0 Å². The highest BCUT2D eigenvalue weighted by molar-refractivity contribution is 7.48. The van der Waals surface area contributed by atoms with Crippen molar-refractivity contribution in [1.82, 2.24) is 0 Å². The zero-order valence-corrected chi connectivity index (χ0v) is 13.5. The van der Waals surface area contributed by atoms with Crippen LogP contribution in [0.4, 0.5) is 0 Å². The Bertz CT molecular complexity index is 245. The van der Waals surface area contributed by atoms with Crippen molar-refractivity contribution < 1.29 is 18.1 Å². The van der Waals surface area contributed by atoms with Crippen molar-refractivity contribution in [3.8, 4) is 0 Å². The van der Waals surface area contributed by atoms with Gasteiger partial charge in [0.1, 0.15) is 0 Å². The summed E-state index contributed by atoms with van der Waals surface area (Å²) in [5.41, 5.74) is 0. The molecule has 0 aromatic carbocycles. The van der Waals surface area contributed by atoms with Gasteiger partial charge in [0.05, 0.1) is 19.3 Å². The number of hydrogen-bond acceptors (Lipinski definition) is 4. The van der Waals surface area contributed by atoms with Crippen molar-refractivity contribution in [1.29, 1.82) is 0 Å². The lowest BCUT2D eigenvalue weighted by atomic mass is 9.91. The van der Waals surface area contributed by atoms with E-state index in [0.717, 1.165) is 12.8 Å². The molecule has 0 aromatic rings. The first-order valence-electron chi connectivity index (χ1n) is 6.97. The van der Waals surface area contributed by atoms with E-state index in [1.54, 1.807) is 13.8 Å². The normalized spacial score (nSPS) is 15.9. The highest BCUT2D eigenvalue weighted by atomic mass is 31.2. The van der Waals surface area contributed by atoms with Gasteiger partial charge in [-0.05, 0) is 32.1 Å². The van der Waals surface area contributed by atoms with Crippen LogP contribution < -0.4 is 0 Å². The maximum Gasteiger partial charge on any atom is 0.475 e. The topological polar surface area (TPSA) is 44.8 Å². The fourth-order valence-electron chi connectivity index (χ4n) is 2.07. The SMILES string of the molecule is CCCC(C)C(OP(=O)(OCC)OCC)C(C)C. The van der Waals surface area contributed by atoms with Crippen LogP contribution in [0.15, 0.2) is 0 Å². The summed E-state index contributed by atoms with van der Waals surface area (Å²) in [5, 5.41) is 0. The number of rotatable bonds is 10. The standard InChI is InChI=1S/C13H29O4P/c1-7-10-12(6)13(11(4)5)17-18(14,15-8-2)16-9-3/h11-13H,7-10H2,1-6H3. The fraction of sp³-hybridized carbons (Fsp3) is 1.00. The largest absolute Gasteiger partial charge is 0.475 e. The van der Waals surface area contributed by atoms with Crippen molar-refractivity contribution in [3.05, 3.63) is 0 Å². The molecule has 18 heavy (non-hydrogen) atoms. The van der Waals surface area contributed by atoms with Gasteiger partial charge in [0.15, 0.2) is 0 Å². The summed E-state index contributed by atoms with van der Waals surface area (Å²) in [4.78, 5) is 0. The molecule has 0 saturated heterocycles. The number of phosphoric ester groups is 1. The van der Waals surface area contributed by atoms with E-state index < -0.39 is 7.82 Å². The van der Waals surface area contributed by atoms with Crippen molar-refractivity contribution in [2.24, 2.45) is 11.8 Å². The minimum atomic E-state index is -3.41. The summed E-state index contributed by atoms with van der Waals surface area (Å²) < 4.78 is 28.5. The van der Waals surface area contributed by atoms with E-state index in [-0.39, 0.29) is 12.0 Å². The molecule has 0 heterocycles. The quantitative estimate of drug-likeness (QED) is 0.547. The van der Waals surface area contributed by atoms with Gasteiger partial charge < -0.3 is 0 Å². The monoisotopic (exact) mass is 280 g/mol. The molecule has 0 spiro atoms. The van der Waals surface area contributed by atoms with Crippen LogP contribution in [0.2, 0.25) is 0 Å². The maximum atomic E-state index is 12.4. The maximum absolute atomic E-state index is 12.4. The Morgan fingerprint density at radius 3 is 1.83 bits per heavy atom. The van der Waals surface area contributed by atoms with Gasteiger partial charge in [-0.1, -0.05) is 34.1 Å². The molecule has 5 heteroatoms. The van der Waals surface area contributed by atoms with Gasteiger partial charge in [0, 0.05) is 0 Å². The zero-order chi connectivity index (χ0) is 14.2. The Balaban J connectivity index is 4.76. The highest BCUT2D eigenvalue weighted by Gasteiger charge is 2.33. The lowest BCUT2D eigenvalue weighted by molar-refractivity contribution is 0.0318. The average Bonchev–Trinajstić information content (AvgIpc) is 2.26. The molecule has 0 aromatic heterocycles. The van der Waals surface area contributed by atoms with E-state index in [1.807, 2.05) is 0 Å². The van der Waals surface area contributed by atoms with Crippen LogP contribution in [0, 0.1) is 11.8 Å². The summed E-state index contributed by atoms with van der Waals surface area (Å²) in [6, 6.07) is 0. The molecule has 110 valence electrons. The summed E-state index contributed by atoms with van der Waals surface area (Å²) >= 11 is 0. The predicted octanol–water partition coefficient (Wildman–Crippen LogP) is 4.64. The van der Waals surface area contributed by atoms with Crippen LogP contribution in [0.3, 0.4) is 0 Å². The minimum absolute atomic E-state index is 0.103. The van der Waals surface area contributed by atoms with Crippen molar-refractivity contribution in [2.45, 2.75) is 60.5 Å². The Labute approximate surface area is 112 Å². The van der Waals surface area contributed by atoms with Crippen LogP contribution in [0.25, 0.3) is 0 Å². The molecule has 2 unspecified atom stereocenters. The van der Waals surface area contributed by atoms with E-state index in [9.17, 15) is 4.57 Å². The van der Waals surface area contributed by atoms with E-state index in [0.29, 0.717) is 19.1 Å². The summed E-state index contributed by atoms with van der Waals surface area (Å²) in [5.74, 6) is 0.616. The molecule has 0 N–H and O–H groups in total. The zero-order valence-electron chi connectivity index (χ0n) is 12.6.